The Balaban J connectivity index is 2.02. The molecule has 2 aromatic rings. The van der Waals surface area contributed by atoms with Crippen LogP contribution in [0.5, 0.6) is 0 Å². The van der Waals surface area contributed by atoms with Crippen LogP contribution in [0, 0.1) is 5.82 Å². The number of anilines is 1. The zero-order valence-corrected chi connectivity index (χ0v) is 20.0. The van der Waals surface area contributed by atoms with Gasteiger partial charge in [-0.15, -0.1) is 0 Å². The van der Waals surface area contributed by atoms with Crippen molar-refractivity contribution in [1.82, 2.24) is 9.88 Å². The van der Waals surface area contributed by atoms with E-state index in [9.17, 15) is 14.2 Å². The molecule has 10 heteroatoms. The number of halogens is 1. The third-order valence-corrected chi connectivity index (χ3v) is 7.01. The van der Waals surface area contributed by atoms with Gasteiger partial charge in [0.05, 0.1) is 17.4 Å². The Labute approximate surface area is 192 Å². The highest BCUT2D eigenvalue weighted by Crippen LogP contribution is 2.33. The molecule has 182 valence electrons. The number of nitrogens with one attached hydrogen (secondary N) is 2. The van der Waals surface area contributed by atoms with E-state index in [-0.39, 0.29) is 29.6 Å². The maximum Gasteiger partial charge on any atom is 0.327 e. The lowest BCUT2D eigenvalue weighted by Gasteiger charge is -2.25. The second-order valence-electron chi connectivity index (χ2n) is 8.89. The van der Waals surface area contributed by atoms with Gasteiger partial charge in [-0.05, 0) is 38.3 Å². The SMILES string of the molecule is CCCC(C)n1cc(C(=O)NCCP(=O)(O)O)c(=O)c2cc(F)c(NC3CCCCC3)cc21. The van der Waals surface area contributed by atoms with Crippen molar-refractivity contribution in [3.8, 4) is 0 Å². The molecule has 1 unspecified atom stereocenters. The van der Waals surface area contributed by atoms with Crippen LogP contribution in [0.25, 0.3) is 10.9 Å². The van der Waals surface area contributed by atoms with Crippen molar-refractivity contribution in [2.45, 2.75) is 70.9 Å². The van der Waals surface area contributed by atoms with Gasteiger partial charge in [0.15, 0.2) is 0 Å². The van der Waals surface area contributed by atoms with E-state index in [1.165, 1.54) is 18.7 Å². The minimum absolute atomic E-state index is 0.0484. The van der Waals surface area contributed by atoms with Crippen molar-refractivity contribution >= 4 is 30.1 Å². The van der Waals surface area contributed by atoms with Gasteiger partial charge in [-0.25, -0.2) is 4.39 Å². The number of hydrogen-bond donors (Lipinski definition) is 4. The number of aromatic nitrogens is 1. The van der Waals surface area contributed by atoms with E-state index in [0.717, 1.165) is 38.5 Å². The van der Waals surface area contributed by atoms with Gasteiger partial charge in [-0.1, -0.05) is 32.6 Å². The first-order valence-corrected chi connectivity index (χ1v) is 13.4. The molecule has 0 aliphatic heterocycles. The number of carbonyl (C=O) groups is 1. The highest BCUT2D eigenvalue weighted by Gasteiger charge is 2.22. The van der Waals surface area contributed by atoms with Crippen LogP contribution in [-0.2, 0) is 4.57 Å². The molecule has 1 aromatic heterocycles. The quantitative estimate of drug-likeness (QED) is 0.399. The summed E-state index contributed by atoms with van der Waals surface area (Å²) in [4.78, 5) is 43.7. The van der Waals surface area contributed by atoms with E-state index >= 15 is 4.39 Å². The number of hydrogen-bond acceptors (Lipinski definition) is 4. The van der Waals surface area contributed by atoms with Gasteiger partial charge >= 0.3 is 7.60 Å². The average molecular weight is 482 g/mol. The zero-order chi connectivity index (χ0) is 24.2. The number of amides is 1. The molecular formula is C23H33FN3O5P. The van der Waals surface area contributed by atoms with Crippen molar-refractivity contribution in [3.05, 3.63) is 39.9 Å². The molecule has 1 aromatic carbocycles. The molecule has 3 rings (SSSR count). The van der Waals surface area contributed by atoms with Crippen LogP contribution in [0.4, 0.5) is 10.1 Å². The molecule has 1 fully saturated rings. The smallest absolute Gasteiger partial charge is 0.327 e. The van der Waals surface area contributed by atoms with E-state index in [2.05, 4.69) is 10.6 Å². The predicted octanol–water partition coefficient (Wildman–Crippen LogP) is 4.15. The van der Waals surface area contributed by atoms with Crippen LogP contribution < -0.4 is 16.1 Å². The summed E-state index contributed by atoms with van der Waals surface area (Å²) in [5.74, 6) is -1.28. The predicted molar refractivity (Wildman–Crippen MR) is 128 cm³/mol. The number of pyridine rings is 1. The number of nitrogens with zero attached hydrogens (tertiary/aromatic N) is 1. The molecular weight excluding hydrogens is 448 g/mol. The number of rotatable bonds is 9. The fourth-order valence-corrected chi connectivity index (χ4v) is 4.84. The molecule has 1 amide bonds. The fourth-order valence-electron chi connectivity index (χ4n) is 4.44. The minimum atomic E-state index is -4.28. The lowest BCUT2D eigenvalue weighted by Crippen LogP contribution is -2.32. The topological polar surface area (TPSA) is 121 Å². The first-order valence-electron chi connectivity index (χ1n) is 11.6. The molecule has 1 heterocycles. The summed E-state index contributed by atoms with van der Waals surface area (Å²) in [6.07, 6.45) is 7.96. The second-order valence-corrected chi connectivity index (χ2v) is 10.7. The summed E-state index contributed by atoms with van der Waals surface area (Å²) in [6, 6.07) is 2.98. The summed E-state index contributed by atoms with van der Waals surface area (Å²) in [7, 11) is -4.28. The third-order valence-electron chi connectivity index (χ3n) is 6.20. The molecule has 1 atom stereocenters. The average Bonchev–Trinajstić information content (AvgIpc) is 2.75. The van der Waals surface area contributed by atoms with Crippen LogP contribution in [0.15, 0.2) is 23.1 Å². The van der Waals surface area contributed by atoms with Crippen molar-refractivity contribution in [3.63, 3.8) is 0 Å². The number of benzene rings is 1. The van der Waals surface area contributed by atoms with E-state index in [1.54, 1.807) is 6.07 Å². The normalized spacial score (nSPS) is 16.0. The molecule has 8 nitrogen and oxygen atoms in total. The van der Waals surface area contributed by atoms with E-state index in [0.29, 0.717) is 11.2 Å². The van der Waals surface area contributed by atoms with Crippen LogP contribution in [0.2, 0.25) is 0 Å². The van der Waals surface area contributed by atoms with Gasteiger partial charge in [0.2, 0.25) is 5.43 Å². The Bertz CT molecular complexity index is 1110. The Morgan fingerprint density at radius 2 is 1.97 bits per heavy atom. The van der Waals surface area contributed by atoms with Crippen molar-refractivity contribution in [2.24, 2.45) is 0 Å². The second kappa shape index (κ2) is 10.8. The maximum absolute atomic E-state index is 15.0. The zero-order valence-electron chi connectivity index (χ0n) is 19.1. The first-order chi connectivity index (χ1) is 15.6. The minimum Gasteiger partial charge on any atom is -0.380 e. The Morgan fingerprint density at radius 3 is 2.61 bits per heavy atom. The van der Waals surface area contributed by atoms with Gasteiger partial charge in [0, 0.05) is 30.2 Å². The lowest BCUT2D eigenvalue weighted by atomic mass is 9.95. The summed E-state index contributed by atoms with van der Waals surface area (Å²) < 4.78 is 27.9. The molecule has 1 aliphatic rings. The van der Waals surface area contributed by atoms with Crippen LogP contribution in [0.1, 0.15) is 75.2 Å². The molecule has 33 heavy (non-hydrogen) atoms. The number of fused-ring (bicyclic) bond motifs is 1. The molecule has 1 aliphatic carbocycles. The van der Waals surface area contributed by atoms with E-state index in [4.69, 9.17) is 9.79 Å². The summed E-state index contributed by atoms with van der Waals surface area (Å²) in [5.41, 5.74) is 0.114. The monoisotopic (exact) mass is 481 g/mol. The number of carbonyl (C=O) groups excluding carboxylic acids is 1. The lowest BCUT2D eigenvalue weighted by molar-refractivity contribution is 0.0954. The molecule has 0 bridgehead atoms. The van der Waals surface area contributed by atoms with Crippen molar-refractivity contribution < 1.29 is 23.5 Å². The summed E-state index contributed by atoms with van der Waals surface area (Å²) in [5, 5.41) is 5.79. The standard InChI is InChI=1S/C23H33FN3O5P/c1-3-7-15(2)27-14-18(23(29)25-10-11-33(30,31)32)22(28)17-12-19(24)20(13-21(17)27)26-16-8-5-4-6-9-16/h12-16,26H,3-11H2,1-2H3,(H,25,29)(H2,30,31,32). The largest absolute Gasteiger partial charge is 0.380 e. The van der Waals surface area contributed by atoms with Crippen LogP contribution in [-0.4, -0.2) is 39.0 Å². The molecule has 1 saturated carbocycles. The third kappa shape index (κ3) is 6.43. The van der Waals surface area contributed by atoms with Gasteiger partial charge < -0.3 is 25.0 Å². The van der Waals surface area contributed by atoms with Gasteiger partial charge in [0.1, 0.15) is 11.4 Å². The van der Waals surface area contributed by atoms with Gasteiger partial charge in [-0.2, -0.15) is 0 Å². The first kappa shape index (κ1) is 25.4. The van der Waals surface area contributed by atoms with E-state index < -0.39 is 30.9 Å². The van der Waals surface area contributed by atoms with Gasteiger partial charge in [-0.3, -0.25) is 14.2 Å². The molecule has 4 N–H and O–H groups in total. The highest BCUT2D eigenvalue weighted by atomic mass is 31.2. The Hall–Kier alpha value is -2.22. The highest BCUT2D eigenvalue weighted by molar-refractivity contribution is 7.51. The Morgan fingerprint density at radius 1 is 1.27 bits per heavy atom. The maximum atomic E-state index is 15.0. The fraction of sp³-hybridized carbons (Fsp3) is 0.565. The summed E-state index contributed by atoms with van der Waals surface area (Å²) in [6.45, 7) is 3.73. The van der Waals surface area contributed by atoms with E-state index in [1.807, 2.05) is 18.4 Å². The van der Waals surface area contributed by atoms with Crippen LogP contribution >= 0.6 is 7.60 Å². The van der Waals surface area contributed by atoms with Gasteiger partial charge in [0.25, 0.3) is 5.91 Å². The molecule has 0 radical (unpaired) electrons. The summed E-state index contributed by atoms with van der Waals surface area (Å²) >= 11 is 0. The Kier molecular flexibility index (Phi) is 8.32. The molecule has 0 spiro atoms. The van der Waals surface area contributed by atoms with Crippen molar-refractivity contribution in [2.75, 3.05) is 18.0 Å². The van der Waals surface area contributed by atoms with Crippen LogP contribution in [0.3, 0.4) is 0 Å². The molecule has 0 saturated heterocycles. The van der Waals surface area contributed by atoms with Crippen molar-refractivity contribution in [1.29, 1.82) is 0 Å².